The van der Waals surface area contributed by atoms with Crippen LogP contribution in [0, 0.1) is 4.64 Å². The number of hydrogen-bond donors (Lipinski definition) is 1. The second-order valence-corrected chi connectivity index (χ2v) is 4.77. The number of nitrogens with zero attached hydrogens (tertiary/aromatic N) is 1. The first-order chi connectivity index (χ1) is 10.2. The minimum absolute atomic E-state index is 0.379. The van der Waals surface area contributed by atoms with Crippen molar-refractivity contribution in [1.82, 2.24) is 9.97 Å². The largest absolute Gasteiger partial charge is 0.490 e. The van der Waals surface area contributed by atoms with Gasteiger partial charge in [0.15, 0.2) is 0 Å². The lowest BCUT2D eigenvalue weighted by Crippen LogP contribution is -2.05. The SMILES string of the molecule is COCCOc1ccccc1-c1cc(=S)nc(COC)[nH]1. The normalized spacial score (nSPS) is 10.6. The van der Waals surface area contributed by atoms with Gasteiger partial charge >= 0.3 is 0 Å². The summed E-state index contributed by atoms with van der Waals surface area (Å²) < 4.78 is 16.4. The molecule has 0 aliphatic rings. The minimum atomic E-state index is 0.379. The van der Waals surface area contributed by atoms with Crippen LogP contribution in [-0.4, -0.2) is 37.4 Å². The van der Waals surface area contributed by atoms with Crippen LogP contribution in [0.25, 0.3) is 11.3 Å². The molecular weight excluding hydrogens is 288 g/mol. The highest BCUT2D eigenvalue weighted by Gasteiger charge is 2.08. The van der Waals surface area contributed by atoms with Gasteiger partial charge in [0.2, 0.25) is 0 Å². The first-order valence-corrected chi connectivity index (χ1v) is 6.95. The van der Waals surface area contributed by atoms with Crippen LogP contribution in [0.5, 0.6) is 5.75 Å². The van der Waals surface area contributed by atoms with Crippen LogP contribution < -0.4 is 4.74 Å². The van der Waals surface area contributed by atoms with Gasteiger partial charge in [-0.1, -0.05) is 24.4 Å². The lowest BCUT2D eigenvalue weighted by Gasteiger charge is -2.12. The fourth-order valence-electron chi connectivity index (χ4n) is 1.91. The number of H-pyrrole nitrogens is 1. The van der Waals surface area contributed by atoms with Crippen LogP contribution in [0.3, 0.4) is 0 Å². The molecule has 2 rings (SSSR count). The molecule has 0 aliphatic heterocycles. The highest BCUT2D eigenvalue weighted by Crippen LogP contribution is 2.28. The molecule has 0 unspecified atom stereocenters. The molecule has 0 radical (unpaired) electrons. The molecule has 0 spiro atoms. The molecule has 5 nitrogen and oxygen atoms in total. The van der Waals surface area contributed by atoms with E-state index in [0.717, 1.165) is 17.0 Å². The molecule has 0 saturated carbocycles. The first kappa shape index (κ1) is 15.6. The molecule has 1 aromatic carbocycles. The molecule has 0 atom stereocenters. The summed E-state index contributed by atoms with van der Waals surface area (Å²) in [4.78, 5) is 7.45. The van der Waals surface area contributed by atoms with Crippen LogP contribution >= 0.6 is 12.2 Å². The minimum Gasteiger partial charge on any atom is -0.490 e. The fraction of sp³-hybridized carbons (Fsp3) is 0.333. The molecule has 6 heteroatoms. The van der Waals surface area contributed by atoms with Crippen molar-refractivity contribution < 1.29 is 14.2 Å². The second-order valence-electron chi connectivity index (χ2n) is 4.35. The Morgan fingerprint density at radius 1 is 1.14 bits per heavy atom. The Kier molecular flexibility index (Phi) is 5.86. The van der Waals surface area contributed by atoms with Gasteiger partial charge in [-0.3, -0.25) is 0 Å². The third kappa shape index (κ3) is 4.35. The number of para-hydroxylation sites is 1. The third-order valence-corrected chi connectivity index (χ3v) is 3.00. The van der Waals surface area contributed by atoms with E-state index in [0.29, 0.717) is 30.3 Å². The van der Waals surface area contributed by atoms with E-state index in [1.165, 1.54) is 0 Å². The van der Waals surface area contributed by atoms with Crippen LogP contribution in [0.4, 0.5) is 0 Å². The maximum atomic E-state index is 5.74. The van der Waals surface area contributed by atoms with E-state index < -0.39 is 0 Å². The van der Waals surface area contributed by atoms with Gasteiger partial charge in [0.05, 0.1) is 12.3 Å². The average Bonchev–Trinajstić information content (AvgIpc) is 2.48. The van der Waals surface area contributed by atoms with E-state index in [2.05, 4.69) is 9.97 Å². The molecule has 0 amide bonds. The van der Waals surface area contributed by atoms with Crippen molar-refractivity contribution in [2.24, 2.45) is 0 Å². The highest BCUT2D eigenvalue weighted by molar-refractivity contribution is 7.71. The van der Waals surface area contributed by atoms with Crippen LogP contribution in [-0.2, 0) is 16.1 Å². The van der Waals surface area contributed by atoms with Crippen molar-refractivity contribution in [2.45, 2.75) is 6.61 Å². The molecule has 0 fully saturated rings. The van der Waals surface area contributed by atoms with Crippen molar-refractivity contribution in [3.05, 3.63) is 40.8 Å². The second kappa shape index (κ2) is 7.87. The monoisotopic (exact) mass is 306 g/mol. The molecule has 0 bridgehead atoms. The molecular formula is C15H18N2O3S. The van der Waals surface area contributed by atoms with E-state index in [1.807, 2.05) is 30.3 Å². The summed E-state index contributed by atoms with van der Waals surface area (Å²) >= 11 is 5.20. The Morgan fingerprint density at radius 2 is 1.95 bits per heavy atom. The molecule has 1 heterocycles. The highest BCUT2D eigenvalue weighted by atomic mass is 32.1. The fourth-order valence-corrected chi connectivity index (χ4v) is 2.14. The van der Waals surface area contributed by atoms with Crippen molar-refractivity contribution in [1.29, 1.82) is 0 Å². The van der Waals surface area contributed by atoms with E-state index in [9.17, 15) is 0 Å². The summed E-state index contributed by atoms with van der Waals surface area (Å²) in [6.07, 6.45) is 0. The van der Waals surface area contributed by atoms with Gasteiger partial charge in [-0.05, 0) is 18.2 Å². The molecule has 0 saturated heterocycles. The maximum Gasteiger partial charge on any atom is 0.134 e. The zero-order valence-corrected chi connectivity index (χ0v) is 12.9. The molecule has 1 aromatic heterocycles. The quantitative estimate of drug-likeness (QED) is 0.629. The number of hydrogen-bond acceptors (Lipinski definition) is 5. The van der Waals surface area contributed by atoms with Gasteiger partial charge in [-0.15, -0.1) is 0 Å². The number of nitrogens with one attached hydrogen (secondary N) is 1. The van der Waals surface area contributed by atoms with Gasteiger partial charge in [0.1, 0.15) is 29.4 Å². The number of rotatable bonds is 7. The Morgan fingerprint density at radius 3 is 2.71 bits per heavy atom. The summed E-state index contributed by atoms with van der Waals surface area (Å²) in [5, 5.41) is 0. The number of ether oxygens (including phenoxy) is 3. The summed E-state index contributed by atoms with van der Waals surface area (Å²) in [5.74, 6) is 1.46. The summed E-state index contributed by atoms with van der Waals surface area (Å²) in [6.45, 7) is 1.41. The molecule has 21 heavy (non-hydrogen) atoms. The number of aromatic amines is 1. The van der Waals surface area contributed by atoms with Gasteiger partial charge < -0.3 is 19.2 Å². The Balaban J connectivity index is 2.34. The van der Waals surface area contributed by atoms with Crippen molar-refractivity contribution in [3.8, 4) is 17.0 Å². The molecule has 2 aromatic rings. The van der Waals surface area contributed by atoms with Crippen LogP contribution in [0.15, 0.2) is 30.3 Å². The molecule has 1 N–H and O–H groups in total. The predicted octanol–water partition coefficient (Wildman–Crippen LogP) is 2.98. The van der Waals surface area contributed by atoms with Gasteiger partial charge in [-0.25, -0.2) is 4.98 Å². The van der Waals surface area contributed by atoms with Crippen LogP contribution in [0.2, 0.25) is 0 Å². The first-order valence-electron chi connectivity index (χ1n) is 6.55. The lowest BCUT2D eigenvalue weighted by atomic mass is 10.1. The van der Waals surface area contributed by atoms with E-state index in [4.69, 9.17) is 26.4 Å². The number of benzene rings is 1. The number of methoxy groups -OCH3 is 2. The Labute approximate surface area is 128 Å². The smallest absolute Gasteiger partial charge is 0.134 e. The Hall–Kier alpha value is -1.76. The zero-order chi connectivity index (χ0) is 15.1. The zero-order valence-electron chi connectivity index (χ0n) is 12.1. The van der Waals surface area contributed by atoms with E-state index >= 15 is 0 Å². The van der Waals surface area contributed by atoms with Gasteiger partial charge in [0.25, 0.3) is 0 Å². The topological polar surface area (TPSA) is 56.4 Å². The van der Waals surface area contributed by atoms with Gasteiger partial charge in [-0.2, -0.15) is 0 Å². The molecule has 0 aliphatic carbocycles. The van der Waals surface area contributed by atoms with Crippen molar-refractivity contribution in [3.63, 3.8) is 0 Å². The average molecular weight is 306 g/mol. The standard InChI is InChI=1S/C15H18N2O3S/c1-18-7-8-20-13-6-4-3-5-11(13)12-9-15(21)17-14(16-12)10-19-2/h3-6,9H,7-8,10H2,1-2H3,(H,16,17,21). The number of aromatic nitrogens is 2. The van der Waals surface area contributed by atoms with Crippen molar-refractivity contribution >= 4 is 12.2 Å². The predicted molar refractivity (Wildman–Crippen MR) is 82.9 cm³/mol. The summed E-state index contributed by atoms with van der Waals surface area (Å²) in [7, 11) is 3.26. The van der Waals surface area contributed by atoms with E-state index in [1.54, 1.807) is 14.2 Å². The van der Waals surface area contributed by atoms with Crippen molar-refractivity contribution in [2.75, 3.05) is 27.4 Å². The summed E-state index contributed by atoms with van der Waals surface area (Å²) in [5.41, 5.74) is 1.79. The van der Waals surface area contributed by atoms with E-state index in [-0.39, 0.29) is 0 Å². The third-order valence-electron chi connectivity index (χ3n) is 2.80. The molecule has 112 valence electrons. The maximum absolute atomic E-state index is 5.74. The van der Waals surface area contributed by atoms with Crippen LogP contribution in [0.1, 0.15) is 5.82 Å². The Bertz CT molecular complexity index is 643. The van der Waals surface area contributed by atoms with Gasteiger partial charge in [0, 0.05) is 19.8 Å². The summed E-state index contributed by atoms with van der Waals surface area (Å²) in [6, 6.07) is 9.58. The lowest BCUT2D eigenvalue weighted by molar-refractivity contribution is 0.146.